The number of hydrogen-bond donors (Lipinski definition) is 0. The minimum absolute atomic E-state index is 0.178. The average molecular weight is 348 g/mol. The number of rotatable bonds is 6. The lowest BCUT2D eigenvalue weighted by Crippen LogP contribution is -2.13. The maximum Gasteiger partial charge on any atom is 0.188 e. The lowest BCUT2D eigenvalue weighted by atomic mass is 9.96. The van der Waals surface area contributed by atoms with Gasteiger partial charge in [0.1, 0.15) is 0 Å². The van der Waals surface area contributed by atoms with Crippen LogP contribution < -0.4 is 0 Å². The van der Waals surface area contributed by atoms with Crippen LogP contribution in [0.15, 0.2) is 16.7 Å². The molecule has 0 saturated heterocycles. The number of aromatic nitrogens is 3. The third-order valence-corrected chi connectivity index (χ3v) is 5.70. The smallest absolute Gasteiger partial charge is 0.188 e. The molecule has 0 saturated carbocycles. The molecule has 2 aromatic rings. The predicted octanol–water partition coefficient (Wildman–Crippen LogP) is 4.33. The van der Waals surface area contributed by atoms with Gasteiger partial charge >= 0.3 is 0 Å². The topological polar surface area (TPSA) is 55.7 Å². The van der Waals surface area contributed by atoms with Crippen LogP contribution in [0, 0.1) is 5.92 Å². The van der Waals surface area contributed by atoms with E-state index in [1.165, 1.54) is 11.4 Å². The van der Waals surface area contributed by atoms with E-state index < -0.39 is 0 Å². The Morgan fingerprint density at radius 2 is 2.17 bits per heavy atom. The summed E-state index contributed by atoms with van der Waals surface area (Å²) in [5.41, 5.74) is 2.72. The van der Waals surface area contributed by atoms with E-state index in [4.69, 9.17) is 0 Å². The number of hydrogen-bond acceptors (Lipinski definition) is 6. The second kappa shape index (κ2) is 7.53. The lowest BCUT2D eigenvalue weighted by molar-refractivity contribution is 0.0970. The van der Waals surface area contributed by atoms with Crippen LogP contribution in [0.5, 0.6) is 0 Å². The molecule has 1 aliphatic rings. The number of ketones is 1. The summed E-state index contributed by atoms with van der Waals surface area (Å²) in [6.07, 6.45) is 6.35. The third kappa shape index (κ3) is 4.38. The Bertz CT molecular complexity index is 697. The van der Waals surface area contributed by atoms with E-state index in [1.54, 1.807) is 29.3 Å². The normalized spacial score (nSPS) is 14.3. The number of Topliss-reactive ketones (excluding diaryl/α,β-unsaturated/α-hetero) is 1. The van der Waals surface area contributed by atoms with Crippen LogP contribution in [0.25, 0.3) is 0 Å². The Balaban J connectivity index is 1.59. The molecule has 2 aromatic heterocycles. The fourth-order valence-electron chi connectivity index (χ4n) is 2.52. The first-order chi connectivity index (χ1) is 11.1. The molecule has 0 N–H and O–H groups in total. The van der Waals surface area contributed by atoms with Crippen molar-refractivity contribution in [3.05, 3.63) is 33.5 Å². The molecule has 0 aromatic carbocycles. The van der Waals surface area contributed by atoms with Gasteiger partial charge in [-0.05, 0) is 31.6 Å². The minimum Gasteiger partial charge on any atom is -0.294 e. The Hall–Kier alpha value is -1.27. The number of nitrogens with zero attached hydrogens (tertiary/aromatic N) is 3. The van der Waals surface area contributed by atoms with E-state index in [0.717, 1.165) is 41.6 Å². The molecular weight excluding hydrogens is 326 g/mol. The van der Waals surface area contributed by atoms with Crippen molar-refractivity contribution in [1.29, 1.82) is 0 Å². The van der Waals surface area contributed by atoms with Crippen molar-refractivity contribution in [3.8, 4) is 0 Å². The van der Waals surface area contributed by atoms with Gasteiger partial charge in [-0.2, -0.15) is 0 Å². The maximum atomic E-state index is 11.8. The number of thioether (sulfide) groups is 1. The van der Waals surface area contributed by atoms with Crippen molar-refractivity contribution in [2.45, 2.75) is 56.9 Å². The van der Waals surface area contributed by atoms with Gasteiger partial charge in [-0.15, -0.1) is 11.3 Å². The molecule has 0 aliphatic heterocycles. The Morgan fingerprint density at radius 1 is 1.30 bits per heavy atom. The molecular formula is C17H21N3OS2. The van der Waals surface area contributed by atoms with Gasteiger partial charge in [-0.1, -0.05) is 25.6 Å². The Morgan fingerprint density at radius 3 is 3.00 bits per heavy atom. The van der Waals surface area contributed by atoms with Crippen LogP contribution in [-0.4, -0.2) is 20.7 Å². The summed E-state index contributed by atoms with van der Waals surface area (Å²) in [6.45, 7) is 4.48. The van der Waals surface area contributed by atoms with E-state index in [2.05, 4.69) is 34.2 Å². The first kappa shape index (κ1) is 16.6. The number of thiazole rings is 1. The molecule has 1 aliphatic carbocycles. The number of carbonyl (C=O) groups is 1. The van der Waals surface area contributed by atoms with Crippen molar-refractivity contribution in [1.82, 2.24) is 15.0 Å². The summed E-state index contributed by atoms with van der Waals surface area (Å²) in [5.74, 6) is 1.67. The van der Waals surface area contributed by atoms with Gasteiger partial charge in [0.15, 0.2) is 10.9 Å². The molecule has 0 spiro atoms. The van der Waals surface area contributed by atoms with Gasteiger partial charge in [0.25, 0.3) is 0 Å². The fraction of sp³-hybridized carbons (Fsp3) is 0.529. The van der Waals surface area contributed by atoms with Gasteiger partial charge in [0.2, 0.25) is 0 Å². The summed E-state index contributed by atoms with van der Waals surface area (Å²) < 4.78 is 0. The molecule has 3 rings (SSSR count). The molecule has 0 fully saturated rings. The van der Waals surface area contributed by atoms with Crippen molar-refractivity contribution in [3.63, 3.8) is 0 Å². The number of fused-ring (bicyclic) bond motifs is 1. The van der Waals surface area contributed by atoms with Crippen molar-refractivity contribution < 1.29 is 4.79 Å². The highest BCUT2D eigenvalue weighted by Crippen LogP contribution is 2.25. The van der Waals surface area contributed by atoms with Crippen LogP contribution in [0.1, 0.15) is 59.9 Å². The summed E-state index contributed by atoms with van der Waals surface area (Å²) in [7, 11) is 0. The van der Waals surface area contributed by atoms with E-state index in [9.17, 15) is 4.79 Å². The zero-order chi connectivity index (χ0) is 16.2. The largest absolute Gasteiger partial charge is 0.294 e. The van der Waals surface area contributed by atoms with Crippen molar-refractivity contribution >= 4 is 28.9 Å². The zero-order valence-corrected chi connectivity index (χ0v) is 15.2. The molecule has 0 amide bonds. The Labute approximate surface area is 145 Å². The van der Waals surface area contributed by atoms with Gasteiger partial charge in [-0.25, -0.2) is 15.0 Å². The van der Waals surface area contributed by atoms with E-state index in [-0.39, 0.29) is 5.78 Å². The van der Waals surface area contributed by atoms with Crippen molar-refractivity contribution in [2.75, 3.05) is 0 Å². The van der Waals surface area contributed by atoms with Gasteiger partial charge in [0.05, 0.1) is 22.0 Å². The molecule has 0 radical (unpaired) electrons. The predicted molar refractivity (Wildman–Crippen MR) is 94.1 cm³/mol. The monoisotopic (exact) mass is 347 g/mol. The highest BCUT2D eigenvalue weighted by Gasteiger charge is 2.19. The molecule has 0 unspecified atom stereocenters. The maximum absolute atomic E-state index is 11.8. The van der Waals surface area contributed by atoms with Gasteiger partial charge in [-0.3, -0.25) is 4.79 Å². The van der Waals surface area contributed by atoms with E-state index in [1.807, 2.05) is 0 Å². The highest BCUT2D eigenvalue weighted by atomic mass is 32.2. The fourth-order valence-corrected chi connectivity index (χ4v) is 4.17. The summed E-state index contributed by atoms with van der Waals surface area (Å²) in [5, 5.41) is 4.09. The second-order valence-electron chi connectivity index (χ2n) is 6.24. The molecule has 2 heterocycles. The zero-order valence-electron chi connectivity index (χ0n) is 13.5. The third-order valence-electron chi connectivity index (χ3n) is 3.85. The standard InChI is InChI=1S/C17H21N3OS2/c1-11(2)6-7-16-19-12(9-22-16)10-23-17-18-8-13-14(20-17)4-3-5-15(13)21/h8-9,11H,3-7,10H2,1-2H3. The van der Waals surface area contributed by atoms with Gasteiger partial charge < -0.3 is 0 Å². The van der Waals surface area contributed by atoms with E-state index >= 15 is 0 Å². The van der Waals surface area contributed by atoms with Crippen LogP contribution in [0.2, 0.25) is 0 Å². The summed E-state index contributed by atoms with van der Waals surface area (Å²) >= 11 is 3.34. The first-order valence-corrected chi connectivity index (χ1v) is 9.93. The minimum atomic E-state index is 0.178. The highest BCUT2D eigenvalue weighted by molar-refractivity contribution is 7.98. The van der Waals surface area contributed by atoms with Crippen LogP contribution in [0.4, 0.5) is 0 Å². The Kier molecular flexibility index (Phi) is 5.43. The van der Waals surface area contributed by atoms with Crippen LogP contribution in [0.3, 0.4) is 0 Å². The number of carbonyl (C=O) groups excluding carboxylic acids is 1. The molecule has 0 atom stereocenters. The molecule has 6 heteroatoms. The number of aryl methyl sites for hydroxylation is 2. The van der Waals surface area contributed by atoms with Gasteiger partial charge in [0, 0.05) is 23.8 Å². The van der Waals surface area contributed by atoms with E-state index in [0.29, 0.717) is 17.9 Å². The molecule has 23 heavy (non-hydrogen) atoms. The van der Waals surface area contributed by atoms with Crippen molar-refractivity contribution in [2.24, 2.45) is 5.92 Å². The molecule has 122 valence electrons. The average Bonchev–Trinajstić information content (AvgIpc) is 2.99. The molecule has 0 bridgehead atoms. The summed E-state index contributed by atoms with van der Waals surface area (Å²) in [4.78, 5) is 25.4. The summed E-state index contributed by atoms with van der Waals surface area (Å²) in [6, 6.07) is 0. The van der Waals surface area contributed by atoms with Crippen LogP contribution in [-0.2, 0) is 18.6 Å². The SMILES string of the molecule is CC(C)CCc1nc(CSc2ncc3c(n2)CCCC3=O)cs1. The quantitative estimate of drug-likeness (QED) is 0.575. The first-order valence-electron chi connectivity index (χ1n) is 8.07. The molecule has 4 nitrogen and oxygen atoms in total. The lowest BCUT2D eigenvalue weighted by Gasteiger charge is -2.13. The second-order valence-corrected chi connectivity index (χ2v) is 8.13. The van der Waals surface area contributed by atoms with Crippen LogP contribution >= 0.6 is 23.1 Å².